The van der Waals surface area contributed by atoms with Gasteiger partial charge < -0.3 is 9.53 Å². The molecule has 0 bridgehead atoms. The van der Waals surface area contributed by atoms with Crippen LogP contribution in [0.15, 0.2) is 60.7 Å². The van der Waals surface area contributed by atoms with Crippen molar-refractivity contribution in [3.8, 4) is 0 Å². The van der Waals surface area contributed by atoms with Gasteiger partial charge in [-0.25, -0.2) is 4.57 Å². The zero-order valence-electron chi connectivity index (χ0n) is 17.7. The Kier molecular flexibility index (Phi) is 8.37. The molecule has 0 saturated carbocycles. The second-order valence-corrected chi connectivity index (χ2v) is 13.9. The topological polar surface area (TPSA) is 74.2 Å². The van der Waals surface area contributed by atoms with Crippen molar-refractivity contribution in [2.45, 2.75) is 31.9 Å². The molecule has 0 radical (unpaired) electrons. The van der Waals surface area contributed by atoms with E-state index in [9.17, 15) is 9.67 Å². The summed E-state index contributed by atoms with van der Waals surface area (Å²) in [5, 5.41) is 12.5. The van der Waals surface area contributed by atoms with Crippen LogP contribution in [0.3, 0.4) is 0 Å². The highest BCUT2D eigenvalue weighted by Gasteiger charge is 2.50. The van der Waals surface area contributed by atoms with Crippen molar-refractivity contribution in [1.82, 2.24) is 0 Å². The summed E-state index contributed by atoms with van der Waals surface area (Å²) in [5.74, 6) is 0. The first-order valence-electron chi connectivity index (χ1n) is 9.47. The van der Waals surface area contributed by atoms with Gasteiger partial charge in [0.15, 0.2) is 0 Å². The van der Waals surface area contributed by atoms with Crippen LogP contribution in [0.25, 0.3) is 0 Å². The van der Waals surface area contributed by atoms with Gasteiger partial charge in [-0.15, -0.1) is 0 Å². The van der Waals surface area contributed by atoms with Crippen molar-refractivity contribution in [2.24, 2.45) is 0 Å². The minimum atomic E-state index is -3.65. The Bertz CT molecular complexity index is 746. The molecule has 0 amide bonds. The van der Waals surface area contributed by atoms with Gasteiger partial charge >= 0.3 is 7.82 Å². The molecule has 1 atom stereocenters. The first kappa shape index (κ1) is 24.0. The number of aliphatic hydroxyl groups is 1. The standard InChI is InChI=1S/C21H31O6PSi/c1-21(2,3)29(19-12-8-6-9-13-19,20-14-10-7-11-15-20)27-17-18(22)16-26-28(23,24-4)25-5/h6-15,18,22H,16-17H2,1-5H3/t18-/m0/s1. The first-order chi connectivity index (χ1) is 13.7. The predicted molar refractivity (Wildman–Crippen MR) is 117 cm³/mol. The minimum Gasteiger partial charge on any atom is -0.405 e. The van der Waals surface area contributed by atoms with Gasteiger partial charge in [-0.05, 0) is 15.4 Å². The lowest BCUT2D eigenvalue weighted by Crippen LogP contribution is -2.67. The summed E-state index contributed by atoms with van der Waals surface area (Å²) in [6, 6.07) is 20.3. The Morgan fingerprint density at radius 3 is 1.72 bits per heavy atom. The van der Waals surface area contributed by atoms with Crippen LogP contribution >= 0.6 is 7.82 Å². The normalized spacial score (nSPS) is 14.0. The quantitative estimate of drug-likeness (QED) is 0.453. The highest BCUT2D eigenvalue weighted by molar-refractivity contribution is 7.48. The molecule has 160 valence electrons. The van der Waals surface area contributed by atoms with E-state index in [0.29, 0.717) is 0 Å². The van der Waals surface area contributed by atoms with Gasteiger partial charge in [-0.2, -0.15) is 0 Å². The van der Waals surface area contributed by atoms with Crippen LogP contribution < -0.4 is 10.4 Å². The summed E-state index contributed by atoms with van der Waals surface area (Å²) in [4.78, 5) is 0. The molecule has 0 aromatic heterocycles. The summed E-state index contributed by atoms with van der Waals surface area (Å²) in [6.45, 7) is 6.28. The molecule has 0 saturated heterocycles. The Balaban J connectivity index is 2.33. The second-order valence-electron chi connectivity index (χ2n) is 7.74. The Morgan fingerprint density at radius 2 is 1.34 bits per heavy atom. The molecule has 0 aliphatic carbocycles. The molecule has 1 N–H and O–H groups in total. The molecule has 2 rings (SSSR count). The SMILES string of the molecule is COP(=O)(OC)OC[C@H](O)CO[Si](c1ccccc1)(c1ccccc1)C(C)(C)C. The molecule has 0 heterocycles. The monoisotopic (exact) mass is 438 g/mol. The fourth-order valence-corrected chi connectivity index (χ4v) is 8.70. The minimum absolute atomic E-state index is 0.0285. The van der Waals surface area contributed by atoms with Crippen molar-refractivity contribution >= 4 is 26.5 Å². The van der Waals surface area contributed by atoms with E-state index < -0.39 is 22.2 Å². The van der Waals surface area contributed by atoms with E-state index in [2.05, 4.69) is 45.0 Å². The van der Waals surface area contributed by atoms with E-state index in [1.165, 1.54) is 14.2 Å². The maximum absolute atomic E-state index is 12.0. The van der Waals surface area contributed by atoms with Crippen molar-refractivity contribution in [3.05, 3.63) is 60.7 Å². The zero-order valence-corrected chi connectivity index (χ0v) is 19.6. The molecule has 2 aromatic rings. The van der Waals surface area contributed by atoms with E-state index in [1.54, 1.807) is 0 Å². The highest BCUT2D eigenvalue weighted by atomic mass is 31.2. The highest BCUT2D eigenvalue weighted by Crippen LogP contribution is 2.47. The summed E-state index contributed by atoms with van der Waals surface area (Å²) < 4.78 is 33.3. The average molecular weight is 439 g/mol. The van der Waals surface area contributed by atoms with Gasteiger partial charge in [-0.3, -0.25) is 13.6 Å². The lowest BCUT2D eigenvalue weighted by Gasteiger charge is -2.43. The van der Waals surface area contributed by atoms with Gasteiger partial charge in [0, 0.05) is 14.2 Å². The van der Waals surface area contributed by atoms with Gasteiger partial charge in [0.2, 0.25) is 0 Å². The van der Waals surface area contributed by atoms with Crippen molar-refractivity contribution < 1.29 is 27.7 Å². The summed E-state index contributed by atoms with van der Waals surface area (Å²) >= 11 is 0. The van der Waals surface area contributed by atoms with Crippen LogP contribution in [0.5, 0.6) is 0 Å². The zero-order chi connectivity index (χ0) is 21.5. The first-order valence-corrected chi connectivity index (χ1v) is 12.8. The van der Waals surface area contributed by atoms with Gasteiger partial charge in [0.1, 0.15) is 0 Å². The molecule has 0 unspecified atom stereocenters. The lowest BCUT2D eigenvalue weighted by atomic mass is 10.2. The molecule has 8 heteroatoms. The Morgan fingerprint density at radius 1 is 0.897 bits per heavy atom. The number of hydrogen-bond donors (Lipinski definition) is 1. The fourth-order valence-electron chi connectivity index (χ4n) is 3.39. The smallest absolute Gasteiger partial charge is 0.405 e. The predicted octanol–water partition coefficient (Wildman–Crippen LogP) is 3.34. The number of benzene rings is 2. The molecule has 2 aromatic carbocycles. The lowest BCUT2D eigenvalue weighted by molar-refractivity contribution is 0.0406. The third kappa shape index (κ3) is 5.64. The number of aliphatic hydroxyl groups excluding tert-OH is 1. The van der Waals surface area contributed by atoms with E-state index in [1.807, 2.05) is 36.4 Å². The van der Waals surface area contributed by atoms with Crippen LogP contribution in [0.2, 0.25) is 5.04 Å². The maximum Gasteiger partial charge on any atom is 0.474 e. The van der Waals surface area contributed by atoms with Crippen LogP contribution in [-0.4, -0.2) is 47.0 Å². The fraction of sp³-hybridized carbons (Fsp3) is 0.429. The van der Waals surface area contributed by atoms with Crippen LogP contribution in [0, 0.1) is 0 Å². The third-order valence-electron chi connectivity index (χ3n) is 4.78. The molecular weight excluding hydrogens is 407 g/mol. The maximum atomic E-state index is 12.0. The van der Waals surface area contributed by atoms with Crippen molar-refractivity contribution in [1.29, 1.82) is 0 Å². The molecule has 0 fully saturated rings. The molecular formula is C21H31O6PSi. The number of hydrogen-bond acceptors (Lipinski definition) is 6. The van der Waals surface area contributed by atoms with Crippen LogP contribution in [-0.2, 0) is 22.6 Å². The Hall–Kier alpha value is -1.31. The molecule has 29 heavy (non-hydrogen) atoms. The summed E-state index contributed by atoms with van der Waals surface area (Å²) in [7, 11) is -3.94. The second kappa shape index (κ2) is 10.1. The van der Waals surface area contributed by atoms with Crippen molar-refractivity contribution in [3.63, 3.8) is 0 Å². The van der Waals surface area contributed by atoms with Gasteiger partial charge in [-0.1, -0.05) is 81.4 Å². The molecule has 0 aliphatic rings. The molecule has 6 nitrogen and oxygen atoms in total. The molecule has 0 spiro atoms. The van der Waals surface area contributed by atoms with E-state index in [-0.39, 0.29) is 18.3 Å². The third-order valence-corrected chi connectivity index (χ3v) is 11.1. The van der Waals surface area contributed by atoms with Crippen molar-refractivity contribution in [2.75, 3.05) is 27.4 Å². The Labute approximate surface area is 174 Å². The van der Waals surface area contributed by atoms with Gasteiger partial charge in [0.05, 0.1) is 19.3 Å². The number of rotatable bonds is 10. The molecule has 0 aliphatic heterocycles. The average Bonchev–Trinajstić information content (AvgIpc) is 2.73. The summed E-state index contributed by atoms with van der Waals surface area (Å²) in [6.07, 6.45) is -0.990. The number of phosphoric ester groups is 1. The van der Waals surface area contributed by atoms with E-state index in [4.69, 9.17) is 18.0 Å². The van der Waals surface area contributed by atoms with Gasteiger partial charge in [0.25, 0.3) is 8.32 Å². The summed E-state index contributed by atoms with van der Waals surface area (Å²) in [5.41, 5.74) is 0. The van der Waals surface area contributed by atoms with Crippen LogP contribution in [0.4, 0.5) is 0 Å². The van der Waals surface area contributed by atoms with E-state index >= 15 is 0 Å². The van der Waals surface area contributed by atoms with Crippen LogP contribution in [0.1, 0.15) is 20.8 Å². The number of phosphoric acid groups is 1. The largest absolute Gasteiger partial charge is 0.474 e. The van der Waals surface area contributed by atoms with E-state index in [0.717, 1.165) is 10.4 Å².